The van der Waals surface area contributed by atoms with Gasteiger partial charge in [-0.15, -0.1) is 11.3 Å². The topological polar surface area (TPSA) is 72.1 Å². The Hall–Kier alpha value is -1.76. The van der Waals surface area contributed by atoms with Crippen LogP contribution in [0.5, 0.6) is 0 Å². The molecule has 1 atom stereocenters. The lowest BCUT2D eigenvalue weighted by Gasteiger charge is -2.21. The van der Waals surface area contributed by atoms with Crippen LogP contribution in [0.25, 0.3) is 0 Å². The molecule has 4 rings (SSSR count). The normalized spacial score (nSPS) is 20.8. The number of aromatic nitrogens is 3. The van der Waals surface area contributed by atoms with Gasteiger partial charge < -0.3 is 9.42 Å². The Morgan fingerprint density at radius 1 is 1.33 bits per heavy atom. The molecule has 1 amide bonds. The maximum absolute atomic E-state index is 13.0. The van der Waals surface area contributed by atoms with Crippen molar-refractivity contribution in [3.63, 3.8) is 0 Å². The van der Waals surface area contributed by atoms with E-state index < -0.39 is 0 Å². The van der Waals surface area contributed by atoms with E-state index in [1.165, 1.54) is 11.3 Å². The van der Waals surface area contributed by atoms with E-state index in [-0.39, 0.29) is 11.9 Å². The first-order valence-electron chi connectivity index (χ1n) is 8.78. The average Bonchev–Trinajstić information content (AvgIpc) is 3.00. The van der Waals surface area contributed by atoms with Crippen molar-refractivity contribution >= 4 is 17.2 Å². The number of hydrogen-bond donors (Lipinski definition) is 0. The van der Waals surface area contributed by atoms with Crippen LogP contribution in [0.15, 0.2) is 4.52 Å². The minimum absolute atomic E-state index is 0.0626. The Balaban J connectivity index is 1.56. The highest BCUT2D eigenvalue weighted by Gasteiger charge is 2.37. The van der Waals surface area contributed by atoms with Gasteiger partial charge in [0.25, 0.3) is 5.91 Å². The van der Waals surface area contributed by atoms with Crippen molar-refractivity contribution in [1.29, 1.82) is 0 Å². The van der Waals surface area contributed by atoms with Crippen molar-refractivity contribution in [2.75, 3.05) is 6.54 Å². The molecule has 128 valence electrons. The molecule has 1 saturated carbocycles. The molecule has 0 aromatic carbocycles. The predicted molar refractivity (Wildman–Crippen MR) is 90.1 cm³/mol. The molecule has 6 nitrogen and oxygen atoms in total. The third-order valence-electron chi connectivity index (χ3n) is 4.69. The zero-order chi connectivity index (χ0) is 16.7. The molecule has 2 aromatic rings. The molecule has 1 aliphatic carbocycles. The molecule has 7 heteroatoms. The van der Waals surface area contributed by atoms with Gasteiger partial charge in [0.05, 0.1) is 16.7 Å². The zero-order valence-electron chi connectivity index (χ0n) is 14.1. The van der Waals surface area contributed by atoms with E-state index in [1.54, 1.807) is 0 Å². The molecule has 2 aliphatic rings. The standard InChI is InChI=1S/C17H22N4O2S/c1-3-5-13-18-10(2)14(24-13)17(22)21-9-4-6-12(21)15-19-16(23-20-15)11-7-8-11/h11-12H,3-9H2,1-2H3/t12-/m1/s1. The number of aryl methyl sites for hydroxylation is 2. The Morgan fingerprint density at radius 3 is 2.92 bits per heavy atom. The summed E-state index contributed by atoms with van der Waals surface area (Å²) in [7, 11) is 0. The fourth-order valence-electron chi connectivity index (χ4n) is 3.26. The van der Waals surface area contributed by atoms with Gasteiger partial charge in [-0.05, 0) is 45.4 Å². The van der Waals surface area contributed by atoms with Crippen LogP contribution in [0.4, 0.5) is 0 Å². The molecule has 0 bridgehead atoms. The van der Waals surface area contributed by atoms with E-state index in [9.17, 15) is 4.79 Å². The average molecular weight is 346 g/mol. The fraction of sp³-hybridized carbons (Fsp3) is 0.647. The summed E-state index contributed by atoms with van der Waals surface area (Å²) >= 11 is 1.53. The van der Waals surface area contributed by atoms with Gasteiger partial charge in [-0.2, -0.15) is 4.98 Å². The molecule has 0 radical (unpaired) electrons. The van der Waals surface area contributed by atoms with Crippen LogP contribution < -0.4 is 0 Å². The van der Waals surface area contributed by atoms with Crippen molar-refractivity contribution in [3.05, 3.63) is 27.3 Å². The monoisotopic (exact) mass is 346 g/mol. The maximum atomic E-state index is 13.0. The number of amides is 1. The van der Waals surface area contributed by atoms with Crippen LogP contribution in [0.2, 0.25) is 0 Å². The zero-order valence-corrected chi connectivity index (χ0v) is 14.9. The highest BCUT2D eigenvalue weighted by molar-refractivity contribution is 7.13. The van der Waals surface area contributed by atoms with E-state index in [2.05, 4.69) is 22.0 Å². The Kier molecular flexibility index (Phi) is 4.12. The smallest absolute Gasteiger partial charge is 0.266 e. The first-order valence-corrected chi connectivity index (χ1v) is 9.59. The quantitative estimate of drug-likeness (QED) is 0.826. The molecule has 24 heavy (non-hydrogen) atoms. The molecule has 0 spiro atoms. The Morgan fingerprint density at radius 2 is 2.17 bits per heavy atom. The van der Waals surface area contributed by atoms with E-state index in [1.807, 2.05) is 11.8 Å². The minimum Gasteiger partial charge on any atom is -0.339 e. The summed E-state index contributed by atoms with van der Waals surface area (Å²) in [4.78, 5) is 24.8. The first-order chi connectivity index (χ1) is 11.7. The molecular weight excluding hydrogens is 324 g/mol. The van der Waals surface area contributed by atoms with Crippen LogP contribution in [0.1, 0.15) is 83.1 Å². The lowest BCUT2D eigenvalue weighted by atomic mass is 10.2. The predicted octanol–water partition coefficient (Wildman–Crippen LogP) is 3.64. The lowest BCUT2D eigenvalue weighted by molar-refractivity contribution is 0.0732. The Bertz CT molecular complexity index is 750. The number of rotatable bonds is 5. The van der Waals surface area contributed by atoms with Crippen molar-refractivity contribution in [2.45, 2.75) is 64.3 Å². The van der Waals surface area contributed by atoms with Crippen LogP contribution in [0.3, 0.4) is 0 Å². The summed E-state index contributed by atoms with van der Waals surface area (Å²) in [6, 6.07) is -0.0649. The number of carbonyl (C=O) groups excluding carboxylic acids is 1. The number of hydrogen-bond acceptors (Lipinski definition) is 6. The number of thiazole rings is 1. The van der Waals surface area contributed by atoms with Gasteiger partial charge in [-0.3, -0.25) is 4.79 Å². The number of likely N-dealkylation sites (tertiary alicyclic amines) is 1. The minimum atomic E-state index is -0.0649. The third-order valence-corrected chi connectivity index (χ3v) is 5.90. The number of nitrogens with zero attached hydrogens (tertiary/aromatic N) is 4. The molecule has 2 fully saturated rings. The Labute approximate surface area is 145 Å². The summed E-state index contributed by atoms with van der Waals surface area (Å²) in [5, 5.41) is 5.20. The highest BCUT2D eigenvalue weighted by atomic mass is 32.1. The molecule has 0 N–H and O–H groups in total. The first kappa shape index (κ1) is 15.7. The second-order valence-corrected chi connectivity index (χ2v) is 7.78. The SMILES string of the molecule is CCCc1nc(C)c(C(=O)N2CCC[C@@H]2c2noc(C3CC3)n2)s1. The number of carbonyl (C=O) groups is 1. The molecule has 2 aromatic heterocycles. The summed E-state index contributed by atoms with van der Waals surface area (Å²) in [5.41, 5.74) is 0.839. The van der Waals surface area contributed by atoms with Gasteiger partial charge in [-0.25, -0.2) is 4.98 Å². The van der Waals surface area contributed by atoms with Gasteiger partial charge in [0.1, 0.15) is 4.88 Å². The molecule has 3 heterocycles. The van der Waals surface area contributed by atoms with Crippen molar-refractivity contribution < 1.29 is 9.32 Å². The highest BCUT2D eigenvalue weighted by Crippen LogP contribution is 2.40. The van der Waals surface area contributed by atoms with Gasteiger partial charge in [0, 0.05) is 12.5 Å². The lowest BCUT2D eigenvalue weighted by Crippen LogP contribution is -2.31. The van der Waals surface area contributed by atoms with Gasteiger partial charge in [0.15, 0.2) is 5.82 Å². The van der Waals surface area contributed by atoms with Gasteiger partial charge in [-0.1, -0.05) is 12.1 Å². The molecule has 1 saturated heterocycles. The van der Waals surface area contributed by atoms with E-state index in [0.29, 0.717) is 11.7 Å². The van der Waals surface area contributed by atoms with E-state index in [0.717, 1.165) is 66.5 Å². The summed E-state index contributed by atoms with van der Waals surface area (Å²) < 4.78 is 5.39. The maximum Gasteiger partial charge on any atom is 0.266 e. The van der Waals surface area contributed by atoms with Crippen molar-refractivity contribution in [1.82, 2.24) is 20.0 Å². The van der Waals surface area contributed by atoms with Gasteiger partial charge in [0.2, 0.25) is 5.89 Å². The molecule has 0 unspecified atom stereocenters. The van der Waals surface area contributed by atoms with E-state index in [4.69, 9.17) is 4.52 Å². The fourth-order valence-corrected chi connectivity index (χ4v) is 4.38. The second kappa shape index (κ2) is 6.27. The summed E-state index contributed by atoms with van der Waals surface area (Å²) in [6.07, 6.45) is 6.11. The van der Waals surface area contributed by atoms with Crippen LogP contribution in [0, 0.1) is 6.92 Å². The molecule has 1 aliphatic heterocycles. The third kappa shape index (κ3) is 2.85. The summed E-state index contributed by atoms with van der Waals surface area (Å²) in [5.74, 6) is 1.91. The van der Waals surface area contributed by atoms with Gasteiger partial charge >= 0.3 is 0 Å². The largest absolute Gasteiger partial charge is 0.339 e. The van der Waals surface area contributed by atoms with Crippen LogP contribution in [-0.4, -0.2) is 32.5 Å². The summed E-state index contributed by atoms with van der Waals surface area (Å²) in [6.45, 7) is 4.80. The van der Waals surface area contributed by atoms with Crippen LogP contribution >= 0.6 is 11.3 Å². The molecular formula is C17H22N4O2S. The van der Waals surface area contributed by atoms with E-state index >= 15 is 0 Å². The van der Waals surface area contributed by atoms with Crippen molar-refractivity contribution in [3.8, 4) is 0 Å². The second-order valence-electron chi connectivity index (χ2n) is 6.69. The van der Waals surface area contributed by atoms with Crippen molar-refractivity contribution in [2.24, 2.45) is 0 Å². The van der Waals surface area contributed by atoms with Crippen LogP contribution in [-0.2, 0) is 6.42 Å².